The van der Waals surface area contributed by atoms with Gasteiger partial charge in [-0.15, -0.1) is 0 Å². The molecule has 1 aromatic heterocycles. The highest BCUT2D eigenvalue weighted by atomic mass is 32.1. The van der Waals surface area contributed by atoms with E-state index >= 15 is 0 Å². The van der Waals surface area contributed by atoms with Crippen molar-refractivity contribution < 1.29 is 9.90 Å². The summed E-state index contributed by atoms with van der Waals surface area (Å²) in [6.07, 6.45) is 4.26. The fourth-order valence-electron chi connectivity index (χ4n) is 2.41. The molecule has 2 atom stereocenters. The Kier molecular flexibility index (Phi) is 5.01. The van der Waals surface area contributed by atoms with Crippen LogP contribution in [-0.2, 0) is 6.54 Å². The van der Waals surface area contributed by atoms with Gasteiger partial charge in [0, 0.05) is 25.1 Å². The van der Waals surface area contributed by atoms with Crippen LogP contribution in [0.5, 0.6) is 0 Å². The molecule has 1 saturated carbocycles. The van der Waals surface area contributed by atoms with Gasteiger partial charge in [-0.05, 0) is 35.2 Å². The molecular weight excluding hydrogens is 248 g/mol. The van der Waals surface area contributed by atoms with Crippen LogP contribution >= 0.6 is 11.3 Å². The maximum absolute atomic E-state index is 11.8. The van der Waals surface area contributed by atoms with E-state index in [-0.39, 0.29) is 24.6 Å². The summed E-state index contributed by atoms with van der Waals surface area (Å²) in [5, 5.41) is 19.1. The summed E-state index contributed by atoms with van der Waals surface area (Å²) < 4.78 is 0. The van der Waals surface area contributed by atoms with E-state index in [4.69, 9.17) is 0 Å². The second-order valence-electron chi connectivity index (χ2n) is 4.79. The number of rotatable bonds is 4. The van der Waals surface area contributed by atoms with Crippen LogP contribution < -0.4 is 10.6 Å². The van der Waals surface area contributed by atoms with Gasteiger partial charge in [-0.1, -0.05) is 12.8 Å². The van der Waals surface area contributed by atoms with Crippen LogP contribution in [0.2, 0.25) is 0 Å². The minimum atomic E-state index is -0.133. The summed E-state index contributed by atoms with van der Waals surface area (Å²) in [4.78, 5) is 11.8. The molecule has 1 aliphatic carbocycles. The molecular formula is C13H20N2O2S. The number of aliphatic hydroxyl groups is 1. The molecule has 5 heteroatoms. The number of nitrogens with one attached hydrogen (secondary N) is 2. The number of hydrogen-bond donors (Lipinski definition) is 3. The minimum Gasteiger partial charge on any atom is -0.396 e. The molecule has 1 aliphatic rings. The Balaban J connectivity index is 1.75. The summed E-state index contributed by atoms with van der Waals surface area (Å²) in [5.74, 6) is 0.214. The van der Waals surface area contributed by atoms with E-state index in [1.165, 1.54) is 0 Å². The van der Waals surface area contributed by atoms with E-state index < -0.39 is 0 Å². The maximum Gasteiger partial charge on any atom is 0.315 e. The quantitative estimate of drug-likeness (QED) is 0.783. The predicted molar refractivity (Wildman–Crippen MR) is 72.5 cm³/mol. The lowest BCUT2D eigenvalue weighted by Gasteiger charge is -2.30. The first-order valence-electron chi connectivity index (χ1n) is 6.46. The fraction of sp³-hybridized carbons (Fsp3) is 0.615. The molecule has 0 spiro atoms. The van der Waals surface area contributed by atoms with Crippen LogP contribution in [0.15, 0.2) is 16.8 Å². The van der Waals surface area contributed by atoms with Crippen LogP contribution in [0.3, 0.4) is 0 Å². The van der Waals surface area contributed by atoms with Gasteiger partial charge >= 0.3 is 6.03 Å². The first-order chi connectivity index (χ1) is 8.79. The van der Waals surface area contributed by atoms with Gasteiger partial charge in [-0.2, -0.15) is 11.3 Å². The molecule has 0 aromatic carbocycles. The first kappa shape index (κ1) is 13.4. The molecule has 2 amide bonds. The number of aliphatic hydroxyl groups excluding tert-OH is 1. The average molecular weight is 268 g/mol. The van der Waals surface area contributed by atoms with Crippen molar-refractivity contribution in [2.75, 3.05) is 6.61 Å². The van der Waals surface area contributed by atoms with E-state index in [0.717, 1.165) is 31.2 Å². The smallest absolute Gasteiger partial charge is 0.315 e. The molecule has 0 aliphatic heterocycles. The lowest BCUT2D eigenvalue weighted by atomic mass is 9.85. The lowest BCUT2D eigenvalue weighted by Crippen LogP contribution is -2.47. The van der Waals surface area contributed by atoms with Crippen LogP contribution in [0.25, 0.3) is 0 Å². The monoisotopic (exact) mass is 268 g/mol. The molecule has 1 aromatic rings. The SMILES string of the molecule is O=C(NCc1ccsc1)NC1CCCCC1CO. The largest absolute Gasteiger partial charge is 0.396 e. The molecule has 0 radical (unpaired) electrons. The van der Waals surface area contributed by atoms with Crippen molar-refractivity contribution >= 4 is 17.4 Å². The standard InChI is InChI=1S/C13H20N2O2S/c16-8-11-3-1-2-4-12(11)15-13(17)14-7-10-5-6-18-9-10/h5-6,9,11-12,16H,1-4,7-8H2,(H2,14,15,17). The van der Waals surface area contributed by atoms with E-state index in [9.17, 15) is 9.90 Å². The van der Waals surface area contributed by atoms with Crippen molar-refractivity contribution in [2.24, 2.45) is 5.92 Å². The van der Waals surface area contributed by atoms with Gasteiger partial charge in [-0.3, -0.25) is 0 Å². The minimum absolute atomic E-state index is 0.117. The second-order valence-corrected chi connectivity index (χ2v) is 5.57. The lowest BCUT2D eigenvalue weighted by molar-refractivity contribution is 0.153. The highest BCUT2D eigenvalue weighted by Gasteiger charge is 2.25. The number of carbonyl (C=O) groups excluding carboxylic acids is 1. The van der Waals surface area contributed by atoms with Crippen LogP contribution in [0, 0.1) is 5.92 Å². The van der Waals surface area contributed by atoms with Gasteiger partial charge in [0.2, 0.25) is 0 Å². The Morgan fingerprint density at radius 2 is 2.28 bits per heavy atom. The summed E-state index contributed by atoms with van der Waals surface area (Å²) in [5.41, 5.74) is 1.12. The molecule has 2 rings (SSSR count). The molecule has 4 nitrogen and oxygen atoms in total. The Morgan fingerprint density at radius 1 is 1.44 bits per heavy atom. The normalized spacial score (nSPS) is 23.6. The predicted octanol–water partition coefficient (Wildman–Crippen LogP) is 2.10. The third-order valence-electron chi connectivity index (χ3n) is 3.49. The molecule has 100 valence electrons. The third kappa shape index (κ3) is 3.71. The fourth-order valence-corrected chi connectivity index (χ4v) is 3.08. The zero-order chi connectivity index (χ0) is 12.8. The Hall–Kier alpha value is -1.07. The van der Waals surface area contributed by atoms with Crippen molar-refractivity contribution in [1.29, 1.82) is 0 Å². The molecule has 1 heterocycles. The topological polar surface area (TPSA) is 61.4 Å². The van der Waals surface area contributed by atoms with E-state index in [2.05, 4.69) is 10.6 Å². The number of hydrogen-bond acceptors (Lipinski definition) is 3. The number of amides is 2. The Morgan fingerprint density at radius 3 is 3.00 bits per heavy atom. The van der Waals surface area contributed by atoms with Crippen molar-refractivity contribution in [1.82, 2.24) is 10.6 Å². The van der Waals surface area contributed by atoms with Crippen molar-refractivity contribution in [3.63, 3.8) is 0 Å². The van der Waals surface area contributed by atoms with E-state index in [1.54, 1.807) is 11.3 Å². The molecule has 0 saturated heterocycles. The van der Waals surface area contributed by atoms with Crippen molar-refractivity contribution in [3.8, 4) is 0 Å². The van der Waals surface area contributed by atoms with Crippen molar-refractivity contribution in [2.45, 2.75) is 38.3 Å². The third-order valence-corrected chi connectivity index (χ3v) is 4.23. The number of urea groups is 1. The average Bonchev–Trinajstić information content (AvgIpc) is 2.90. The van der Waals surface area contributed by atoms with Gasteiger partial charge in [-0.25, -0.2) is 4.79 Å². The summed E-state index contributed by atoms with van der Waals surface area (Å²) >= 11 is 1.63. The van der Waals surface area contributed by atoms with Crippen molar-refractivity contribution in [3.05, 3.63) is 22.4 Å². The Labute approximate surface area is 111 Å². The number of carbonyl (C=O) groups is 1. The van der Waals surface area contributed by atoms with Crippen LogP contribution in [0.4, 0.5) is 4.79 Å². The summed E-state index contributed by atoms with van der Waals surface area (Å²) in [7, 11) is 0. The zero-order valence-corrected chi connectivity index (χ0v) is 11.2. The summed E-state index contributed by atoms with van der Waals surface area (Å²) in [6, 6.07) is 1.99. The number of thiophene rings is 1. The van der Waals surface area contributed by atoms with Gasteiger partial charge in [0.05, 0.1) is 0 Å². The Bertz CT molecular complexity index is 367. The second kappa shape index (κ2) is 6.75. The first-order valence-corrected chi connectivity index (χ1v) is 7.40. The van der Waals surface area contributed by atoms with Crippen LogP contribution in [-0.4, -0.2) is 23.8 Å². The van der Waals surface area contributed by atoms with Gasteiger partial charge < -0.3 is 15.7 Å². The summed E-state index contributed by atoms with van der Waals surface area (Å²) in [6.45, 7) is 0.724. The molecule has 2 unspecified atom stereocenters. The van der Waals surface area contributed by atoms with E-state index in [1.807, 2.05) is 16.8 Å². The highest BCUT2D eigenvalue weighted by Crippen LogP contribution is 2.23. The van der Waals surface area contributed by atoms with Gasteiger partial charge in [0.15, 0.2) is 0 Å². The molecule has 0 bridgehead atoms. The highest BCUT2D eigenvalue weighted by molar-refractivity contribution is 7.07. The molecule has 1 fully saturated rings. The maximum atomic E-state index is 11.8. The zero-order valence-electron chi connectivity index (χ0n) is 10.4. The van der Waals surface area contributed by atoms with Gasteiger partial charge in [0.1, 0.15) is 0 Å². The van der Waals surface area contributed by atoms with E-state index in [0.29, 0.717) is 6.54 Å². The molecule has 18 heavy (non-hydrogen) atoms. The van der Waals surface area contributed by atoms with Gasteiger partial charge in [0.25, 0.3) is 0 Å². The van der Waals surface area contributed by atoms with Crippen LogP contribution in [0.1, 0.15) is 31.2 Å². The molecule has 3 N–H and O–H groups in total.